The zero-order valence-corrected chi connectivity index (χ0v) is 15.9. The molecule has 142 valence electrons. The molecule has 0 aliphatic heterocycles. The van der Waals surface area contributed by atoms with Crippen molar-refractivity contribution in [3.63, 3.8) is 0 Å². The van der Waals surface area contributed by atoms with Crippen LogP contribution >= 0.6 is 0 Å². The van der Waals surface area contributed by atoms with Gasteiger partial charge in [-0.25, -0.2) is 4.39 Å². The fourth-order valence-electron chi connectivity index (χ4n) is 3.47. The molecule has 0 fully saturated rings. The maximum absolute atomic E-state index is 13.2. The van der Waals surface area contributed by atoms with Gasteiger partial charge in [-0.3, -0.25) is 4.79 Å². The summed E-state index contributed by atoms with van der Waals surface area (Å²) in [4.78, 5) is 15.8. The first-order valence-corrected chi connectivity index (χ1v) is 9.30. The van der Waals surface area contributed by atoms with Crippen molar-refractivity contribution >= 4 is 16.8 Å². The lowest BCUT2D eigenvalue weighted by Crippen LogP contribution is -2.30. The molecule has 0 radical (unpaired) electrons. The van der Waals surface area contributed by atoms with Crippen molar-refractivity contribution in [2.24, 2.45) is 0 Å². The van der Waals surface area contributed by atoms with Crippen LogP contribution in [0.2, 0.25) is 0 Å². The van der Waals surface area contributed by atoms with Crippen LogP contribution in [-0.4, -0.2) is 15.5 Å². The largest absolute Gasteiger partial charge is 0.354 e. The minimum Gasteiger partial charge on any atom is -0.354 e. The second kappa shape index (κ2) is 7.35. The fourth-order valence-corrected chi connectivity index (χ4v) is 3.47. The molecule has 5 heteroatoms. The lowest BCUT2D eigenvalue weighted by molar-refractivity contribution is -0.124. The normalized spacial score (nSPS) is 12.2. The molecule has 0 spiro atoms. The van der Waals surface area contributed by atoms with E-state index < -0.39 is 0 Å². The van der Waals surface area contributed by atoms with Crippen LogP contribution in [-0.2, 0) is 11.3 Å². The van der Waals surface area contributed by atoms with E-state index in [2.05, 4.69) is 16.4 Å². The van der Waals surface area contributed by atoms with Gasteiger partial charge in [0.15, 0.2) is 0 Å². The minimum absolute atomic E-state index is 0.0194. The molecule has 4 rings (SSSR count). The standard InChI is InChI=1S/C23H22FN3O/c1-15-20-13-17(14-25-23(28)16(2)27-11-3-4-12-27)5-10-21(20)26-22(15)18-6-8-19(24)9-7-18/h3-13,16,26H,14H2,1-2H3,(H,25,28)/t16-/m1/s1. The number of benzene rings is 2. The molecule has 0 aliphatic rings. The molecule has 0 bridgehead atoms. The van der Waals surface area contributed by atoms with E-state index in [1.54, 1.807) is 12.1 Å². The Hall–Kier alpha value is -3.34. The van der Waals surface area contributed by atoms with E-state index in [0.29, 0.717) is 6.54 Å². The summed E-state index contributed by atoms with van der Waals surface area (Å²) in [5.74, 6) is -0.265. The third-order valence-corrected chi connectivity index (χ3v) is 5.18. The highest BCUT2D eigenvalue weighted by Crippen LogP contribution is 2.30. The fraction of sp³-hybridized carbons (Fsp3) is 0.174. The Morgan fingerprint density at radius 1 is 1.14 bits per heavy atom. The quantitative estimate of drug-likeness (QED) is 0.509. The van der Waals surface area contributed by atoms with Gasteiger partial charge in [0.1, 0.15) is 11.9 Å². The molecule has 0 saturated carbocycles. The monoisotopic (exact) mass is 375 g/mol. The molecule has 2 aromatic carbocycles. The lowest BCUT2D eigenvalue weighted by atomic mass is 10.0. The van der Waals surface area contributed by atoms with Gasteiger partial charge in [0.25, 0.3) is 0 Å². The zero-order chi connectivity index (χ0) is 19.7. The van der Waals surface area contributed by atoms with Crippen LogP contribution in [0.1, 0.15) is 24.1 Å². The maximum atomic E-state index is 13.2. The second-order valence-electron chi connectivity index (χ2n) is 7.04. The summed E-state index contributed by atoms with van der Waals surface area (Å²) in [7, 11) is 0. The third kappa shape index (κ3) is 3.43. The molecular formula is C23H22FN3O. The summed E-state index contributed by atoms with van der Waals surface area (Å²) >= 11 is 0. The van der Waals surface area contributed by atoms with Crippen molar-refractivity contribution in [2.75, 3.05) is 0 Å². The summed E-state index contributed by atoms with van der Waals surface area (Å²) in [6.07, 6.45) is 3.77. The van der Waals surface area contributed by atoms with Crippen molar-refractivity contribution < 1.29 is 9.18 Å². The first kappa shape index (κ1) is 18.0. The van der Waals surface area contributed by atoms with Gasteiger partial charge in [-0.05, 0) is 79.1 Å². The van der Waals surface area contributed by atoms with Crippen molar-refractivity contribution in [1.82, 2.24) is 14.9 Å². The molecule has 4 nitrogen and oxygen atoms in total. The van der Waals surface area contributed by atoms with Crippen LogP contribution in [0.25, 0.3) is 22.2 Å². The molecule has 1 atom stereocenters. The number of nitrogens with one attached hydrogen (secondary N) is 2. The summed E-state index contributed by atoms with van der Waals surface area (Å²) in [6.45, 7) is 4.40. The Morgan fingerprint density at radius 3 is 2.57 bits per heavy atom. The minimum atomic E-state index is -0.252. The average molecular weight is 375 g/mol. The van der Waals surface area contributed by atoms with Crippen LogP contribution < -0.4 is 5.32 Å². The Balaban J connectivity index is 1.54. The summed E-state index contributed by atoms with van der Waals surface area (Å²) < 4.78 is 15.1. The molecule has 1 amide bonds. The number of nitrogens with zero attached hydrogens (tertiary/aromatic N) is 1. The number of aromatic amines is 1. The van der Waals surface area contributed by atoms with E-state index in [-0.39, 0.29) is 17.8 Å². The van der Waals surface area contributed by atoms with Crippen molar-refractivity contribution in [1.29, 1.82) is 0 Å². The molecule has 4 aromatic rings. The summed E-state index contributed by atoms with van der Waals surface area (Å²) in [6, 6.07) is 16.2. The van der Waals surface area contributed by atoms with Crippen molar-refractivity contribution in [3.05, 3.63) is 83.9 Å². The number of carbonyl (C=O) groups is 1. The van der Waals surface area contributed by atoms with Gasteiger partial charge < -0.3 is 14.9 Å². The SMILES string of the molecule is Cc1c(-c2ccc(F)cc2)[nH]c2ccc(CNC(=O)[C@@H](C)n3cccc3)cc12. The first-order valence-electron chi connectivity index (χ1n) is 9.30. The topological polar surface area (TPSA) is 49.8 Å². The highest BCUT2D eigenvalue weighted by Gasteiger charge is 2.14. The van der Waals surface area contributed by atoms with Crippen molar-refractivity contribution in [3.8, 4) is 11.3 Å². The number of aryl methyl sites for hydroxylation is 1. The number of fused-ring (bicyclic) bond motifs is 1. The first-order chi connectivity index (χ1) is 13.5. The number of hydrogen-bond donors (Lipinski definition) is 2. The predicted octanol–water partition coefficient (Wildman–Crippen LogP) is 4.96. The molecule has 28 heavy (non-hydrogen) atoms. The van der Waals surface area contributed by atoms with Gasteiger partial charge in [-0.15, -0.1) is 0 Å². The predicted molar refractivity (Wildman–Crippen MR) is 109 cm³/mol. The van der Waals surface area contributed by atoms with E-state index in [0.717, 1.165) is 33.3 Å². The van der Waals surface area contributed by atoms with E-state index in [1.807, 2.05) is 55.1 Å². The van der Waals surface area contributed by atoms with Gasteiger partial charge >= 0.3 is 0 Å². The Labute approximate surface area is 163 Å². The smallest absolute Gasteiger partial charge is 0.243 e. The van der Waals surface area contributed by atoms with Gasteiger partial charge in [0.2, 0.25) is 5.91 Å². The molecule has 2 N–H and O–H groups in total. The Kier molecular flexibility index (Phi) is 4.74. The lowest BCUT2D eigenvalue weighted by Gasteiger charge is -2.14. The second-order valence-corrected chi connectivity index (χ2v) is 7.04. The number of aromatic nitrogens is 2. The van der Waals surface area contributed by atoms with Gasteiger partial charge in [0.05, 0.1) is 0 Å². The average Bonchev–Trinajstić information content (AvgIpc) is 3.35. The van der Waals surface area contributed by atoms with Gasteiger partial charge in [0, 0.05) is 35.5 Å². The summed E-state index contributed by atoms with van der Waals surface area (Å²) in [5.41, 5.74) is 5.10. The maximum Gasteiger partial charge on any atom is 0.243 e. The molecular weight excluding hydrogens is 353 g/mol. The number of H-pyrrole nitrogens is 1. The number of halogens is 1. The highest BCUT2D eigenvalue weighted by molar-refractivity contribution is 5.91. The Morgan fingerprint density at radius 2 is 1.86 bits per heavy atom. The number of rotatable bonds is 5. The molecule has 0 saturated heterocycles. The van der Waals surface area contributed by atoms with E-state index in [4.69, 9.17) is 0 Å². The highest BCUT2D eigenvalue weighted by atomic mass is 19.1. The number of hydrogen-bond acceptors (Lipinski definition) is 1. The van der Waals surface area contributed by atoms with Crippen LogP contribution in [0.15, 0.2) is 67.0 Å². The van der Waals surface area contributed by atoms with Crippen LogP contribution in [0.4, 0.5) is 4.39 Å². The Bertz CT molecular complexity index is 1110. The molecule has 2 aromatic heterocycles. The summed E-state index contributed by atoms with van der Waals surface area (Å²) in [5, 5.41) is 4.11. The van der Waals surface area contributed by atoms with Gasteiger partial charge in [-0.2, -0.15) is 0 Å². The molecule has 0 aliphatic carbocycles. The van der Waals surface area contributed by atoms with E-state index in [9.17, 15) is 9.18 Å². The number of carbonyl (C=O) groups excluding carboxylic acids is 1. The van der Waals surface area contributed by atoms with Crippen LogP contribution in [0.3, 0.4) is 0 Å². The van der Waals surface area contributed by atoms with Crippen LogP contribution in [0.5, 0.6) is 0 Å². The van der Waals surface area contributed by atoms with Gasteiger partial charge in [-0.1, -0.05) is 6.07 Å². The number of amides is 1. The van der Waals surface area contributed by atoms with E-state index >= 15 is 0 Å². The zero-order valence-electron chi connectivity index (χ0n) is 15.9. The van der Waals surface area contributed by atoms with Crippen molar-refractivity contribution in [2.45, 2.75) is 26.4 Å². The third-order valence-electron chi connectivity index (χ3n) is 5.18. The molecule has 0 unspecified atom stereocenters. The van der Waals surface area contributed by atoms with Crippen LogP contribution in [0, 0.1) is 12.7 Å². The molecule has 2 heterocycles. The van der Waals surface area contributed by atoms with E-state index in [1.165, 1.54) is 12.1 Å².